The molecule has 3 aromatic rings. The van der Waals surface area contributed by atoms with Gasteiger partial charge in [0.2, 0.25) is 17.7 Å². The summed E-state index contributed by atoms with van der Waals surface area (Å²) in [5.41, 5.74) is 12.1. The Bertz CT molecular complexity index is 1760. The molecule has 16 nitrogen and oxygen atoms in total. The maximum Gasteiger partial charge on any atom is 0.271 e. The first-order valence-corrected chi connectivity index (χ1v) is 17.1. The Kier molecular flexibility index (Phi) is 14.4. The van der Waals surface area contributed by atoms with Crippen LogP contribution in [0.25, 0.3) is 11.6 Å². The second kappa shape index (κ2) is 19.3. The van der Waals surface area contributed by atoms with Crippen molar-refractivity contribution in [2.75, 3.05) is 16.9 Å². The molecule has 9 N–H and O–H groups in total. The Morgan fingerprint density at radius 3 is 2.33 bits per heavy atom. The quantitative estimate of drug-likeness (QED) is 0.0368. The number of hydrogen-bond acceptors (Lipinski definition) is 9. The third kappa shape index (κ3) is 10.9. The molecule has 1 saturated carbocycles. The smallest absolute Gasteiger partial charge is 0.271 e. The third-order valence-electron chi connectivity index (χ3n) is 8.41. The summed E-state index contributed by atoms with van der Waals surface area (Å²) in [7, 11) is 0. The normalized spacial score (nSPS) is 14.7. The first kappa shape index (κ1) is 38.7. The number of anilines is 1. The van der Waals surface area contributed by atoms with E-state index in [9.17, 15) is 24.0 Å². The number of nitrogens with two attached hydrogens (primary N) is 2. The first-order chi connectivity index (χ1) is 25.1. The Morgan fingerprint density at radius 2 is 1.69 bits per heavy atom. The first-order valence-electron chi connectivity index (χ1n) is 17.1. The molecule has 1 aliphatic rings. The van der Waals surface area contributed by atoms with Gasteiger partial charge in [-0.15, -0.1) is 9.89 Å². The van der Waals surface area contributed by atoms with Crippen LogP contribution in [-0.2, 0) is 24.0 Å². The van der Waals surface area contributed by atoms with Gasteiger partial charge < -0.3 is 32.7 Å². The Hall–Kier alpha value is -6.12. The predicted molar refractivity (Wildman–Crippen MR) is 196 cm³/mol. The molecule has 1 heterocycles. The van der Waals surface area contributed by atoms with E-state index in [1.54, 1.807) is 36.4 Å². The van der Waals surface area contributed by atoms with Crippen molar-refractivity contribution < 1.29 is 24.0 Å². The fraction of sp³-hybridized carbons (Fsp3) is 0.361. The molecule has 0 aliphatic heterocycles. The van der Waals surface area contributed by atoms with Crippen LogP contribution in [0.5, 0.6) is 0 Å². The molecule has 52 heavy (non-hydrogen) atoms. The van der Waals surface area contributed by atoms with Crippen molar-refractivity contribution in [3.63, 3.8) is 0 Å². The van der Waals surface area contributed by atoms with Crippen LogP contribution in [0.1, 0.15) is 63.0 Å². The van der Waals surface area contributed by atoms with Gasteiger partial charge in [0, 0.05) is 12.6 Å². The summed E-state index contributed by atoms with van der Waals surface area (Å²) in [6, 6.07) is 13.4. The number of amides is 4. The number of carbonyl (C=O) groups is 4. The van der Waals surface area contributed by atoms with E-state index in [2.05, 4.69) is 31.6 Å². The summed E-state index contributed by atoms with van der Waals surface area (Å²) < 4.78 is 0. The lowest BCUT2D eigenvalue weighted by Gasteiger charge is -2.36. The summed E-state index contributed by atoms with van der Waals surface area (Å²) in [5, 5.41) is 27.6. The topological polar surface area (TPSA) is 243 Å². The molecule has 0 spiro atoms. The summed E-state index contributed by atoms with van der Waals surface area (Å²) in [6.45, 7) is 1.69. The summed E-state index contributed by atoms with van der Waals surface area (Å²) in [5.74, 6) is -0.904. The zero-order chi connectivity index (χ0) is 37.5. The standard InChI is InChI=1S/C36H45N11O5/c1-24(37)33(50)42-29(18-11-21-40-36(38)39)34(51)44-32(28(23-48)26-14-7-3-8-15-26)35(52)46(27-16-9-4-10-17-27)47-30(22-41-45-47)43-31(49)20-19-25-12-5-2-6-13-25/h2-3,5-8,12-15,19-20,22,24,27,29,32H,4,9-11,16-18,21,37H2,1H3,(H,42,50)(H,43,49)(H,44,51)(H4,38,39,40)/t24-,29-,32-/m0/s1. The molecule has 0 saturated heterocycles. The van der Waals surface area contributed by atoms with E-state index in [4.69, 9.17) is 16.9 Å². The second-order valence-corrected chi connectivity index (χ2v) is 12.4. The van der Waals surface area contributed by atoms with E-state index in [1.807, 2.05) is 36.3 Å². The lowest BCUT2D eigenvalue weighted by atomic mass is 9.93. The Balaban J connectivity index is 1.71. The number of aromatic nitrogens is 3. The average Bonchev–Trinajstić information content (AvgIpc) is 3.59. The van der Waals surface area contributed by atoms with Crippen LogP contribution in [0.15, 0.2) is 72.9 Å². The van der Waals surface area contributed by atoms with E-state index in [1.165, 1.54) is 29.0 Å². The third-order valence-corrected chi connectivity index (χ3v) is 8.41. The molecule has 274 valence electrons. The SMILES string of the molecule is C[C@H](N)C(=O)N[C@@H](CCCNC(=N)N)C(=O)N[C@H](C(=O)N(C1CCCCC1)n1nncc1NC(=O)C=Cc1ccccc1)C(=C=O)c1ccccc1. The highest BCUT2D eigenvalue weighted by Crippen LogP contribution is 2.26. The second-order valence-electron chi connectivity index (χ2n) is 12.4. The molecule has 0 bridgehead atoms. The van der Waals surface area contributed by atoms with Gasteiger partial charge in [-0.2, -0.15) is 0 Å². The molecule has 4 amide bonds. The molecule has 1 aliphatic carbocycles. The van der Waals surface area contributed by atoms with Gasteiger partial charge in [0.1, 0.15) is 18.0 Å². The van der Waals surface area contributed by atoms with Gasteiger partial charge in [-0.1, -0.05) is 79.9 Å². The number of nitrogens with one attached hydrogen (secondary N) is 5. The highest BCUT2D eigenvalue weighted by Gasteiger charge is 2.39. The monoisotopic (exact) mass is 711 g/mol. The van der Waals surface area contributed by atoms with E-state index in [0.717, 1.165) is 24.8 Å². The van der Waals surface area contributed by atoms with Gasteiger partial charge >= 0.3 is 0 Å². The number of nitrogens with zero attached hydrogens (tertiary/aromatic N) is 4. The maximum absolute atomic E-state index is 14.9. The van der Waals surface area contributed by atoms with E-state index in [0.29, 0.717) is 24.8 Å². The average molecular weight is 712 g/mol. The largest absolute Gasteiger partial charge is 0.370 e. The lowest BCUT2D eigenvalue weighted by Crippen LogP contribution is -2.60. The van der Waals surface area contributed by atoms with Crippen LogP contribution < -0.4 is 37.7 Å². The van der Waals surface area contributed by atoms with Crippen molar-refractivity contribution in [1.29, 1.82) is 5.41 Å². The number of guanidine groups is 1. The van der Waals surface area contributed by atoms with Gasteiger partial charge in [-0.25, -0.2) is 9.80 Å². The van der Waals surface area contributed by atoms with Crippen molar-refractivity contribution in [3.8, 4) is 0 Å². The molecule has 0 radical (unpaired) electrons. The predicted octanol–water partition coefficient (Wildman–Crippen LogP) is 1.22. The van der Waals surface area contributed by atoms with Crippen LogP contribution in [0.3, 0.4) is 0 Å². The Labute approximate surface area is 301 Å². The number of carbonyl (C=O) groups excluding carboxylic acids is 5. The minimum atomic E-state index is -1.61. The zero-order valence-corrected chi connectivity index (χ0v) is 29.0. The van der Waals surface area contributed by atoms with E-state index >= 15 is 0 Å². The number of benzene rings is 2. The number of hydrogen-bond donors (Lipinski definition) is 7. The van der Waals surface area contributed by atoms with Gasteiger partial charge in [-0.05, 0) is 55.0 Å². The van der Waals surface area contributed by atoms with Crippen molar-refractivity contribution in [2.24, 2.45) is 11.5 Å². The molecule has 3 atom stereocenters. The van der Waals surface area contributed by atoms with E-state index in [-0.39, 0.29) is 30.3 Å². The molecule has 16 heteroatoms. The summed E-state index contributed by atoms with van der Waals surface area (Å²) in [4.78, 5) is 68.5. The van der Waals surface area contributed by atoms with Gasteiger partial charge in [0.05, 0.1) is 23.9 Å². The van der Waals surface area contributed by atoms with Crippen LogP contribution in [0.4, 0.5) is 5.82 Å². The van der Waals surface area contributed by atoms with Crippen molar-refractivity contribution >= 4 is 53.0 Å². The van der Waals surface area contributed by atoms with Crippen LogP contribution in [0, 0.1) is 5.41 Å². The van der Waals surface area contributed by atoms with E-state index < -0.39 is 47.8 Å². The minimum absolute atomic E-state index is 0.0824. The van der Waals surface area contributed by atoms with Gasteiger partial charge in [-0.3, -0.25) is 24.6 Å². The van der Waals surface area contributed by atoms with Crippen molar-refractivity contribution in [3.05, 3.63) is 84.1 Å². The number of rotatable bonds is 16. The van der Waals surface area contributed by atoms with Crippen LogP contribution >= 0.6 is 0 Å². The minimum Gasteiger partial charge on any atom is -0.370 e. The summed E-state index contributed by atoms with van der Waals surface area (Å²) in [6.07, 6.45) is 8.38. The fourth-order valence-corrected chi connectivity index (χ4v) is 5.76. The van der Waals surface area contributed by atoms with Gasteiger partial charge in [0.15, 0.2) is 11.8 Å². The molecular formula is C36H45N11O5. The zero-order valence-electron chi connectivity index (χ0n) is 29.0. The fourth-order valence-electron chi connectivity index (χ4n) is 5.76. The highest BCUT2D eigenvalue weighted by molar-refractivity contribution is 6.10. The molecule has 4 rings (SSSR count). The molecule has 1 fully saturated rings. The highest BCUT2D eigenvalue weighted by atomic mass is 16.2. The summed E-state index contributed by atoms with van der Waals surface area (Å²) >= 11 is 0. The maximum atomic E-state index is 14.9. The van der Waals surface area contributed by atoms with Crippen LogP contribution in [-0.4, -0.2) is 81.3 Å². The lowest BCUT2D eigenvalue weighted by molar-refractivity contribution is -0.131. The van der Waals surface area contributed by atoms with Gasteiger partial charge in [0.25, 0.3) is 5.91 Å². The molecule has 2 aromatic carbocycles. The van der Waals surface area contributed by atoms with Crippen molar-refractivity contribution in [2.45, 2.75) is 76.0 Å². The molecule has 0 unspecified atom stereocenters. The Morgan fingerprint density at radius 1 is 1.02 bits per heavy atom. The molecular weight excluding hydrogens is 666 g/mol. The molecule has 1 aromatic heterocycles. The van der Waals surface area contributed by atoms with Crippen LogP contribution in [0.2, 0.25) is 0 Å². The van der Waals surface area contributed by atoms with Crippen molar-refractivity contribution in [1.82, 2.24) is 31.1 Å².